The first-order valence-electron chi connectivity index (χ1n) is 9.71. The predicted molar refractivity (Wildman–Crippen MR) is 113 cm³/mol. The molecule has 4 rings (SSSR count). The molecule has 6 nitrogen and oxygen atoms in total. The lowest BCUT2D eigenvalue weighted by Gasteiger charge is -2.10. The van der Waals surface area contributed by atoms with Crippen LogP contribution in [0.25, 0.3) is 0 Å². The molecule has 1 fully saturated rings. The van der Waals surface area contributed by atoms with E-state index in [2.05, 4.69) is 20.1 Å². The number of carbonyl (C=O) groups is 2. The van der Waals surface area contributed by atoms with Gasteiger partial charge in [-0.15, -0.1) is 10.2 Å². The number of Topliss-reactive ketones (excluding diaryl/α,β-unsaturated/α-hetero) is 1. The van der Waals surface area contributed by atoms with E-state index in [0.717, 1.165) is 30.3 Å². The molecule has 154 valence electrons. The van der Waals surface area contributed by atoms with Crippen LogP contribution in [0.4, 0.5) is 10.1 Å². The van der Waals surface area contributed by atoms with Crippen molar-refractivity contribution >= 4 is 29.1 Å². The van der Waals surface area contributed by atoms with E-state index in [0.29, 0.717) is 23.3 Å². The molecular formula is C22H21FN4O2S. The SMILES string of the molecule is CC(=O)Nc1ccc(C(=O)CSc2nnc(C3CC3)n2Cc2ccccc2)c(F)c1. The number of nitrogens with zero attached hydrogens (tertiary/aromatic N) is 3. The van der Waals surface area contributed by atoms with Gasteiger partial charge in [-0.05, 0) is 36.6 Å². The fourth-order valence-electron chi connectivity index (χ4n) is 3.20. The van der Waals surface area contributed by atoms with E-state index in [4.69, 9.17) is 0 Å². The molecule has 1 heterocycles. The maximum absolute atomic E-state index is 14.3. The third-order valence-corrected chi connectivity index (χ3v) is 5.76. The molecule has 0 radical (unpaired) electrons. The zero-order valence-electron chi connectivity index (χ0n) is 16.5. The molecule has 0 atom stereocenters. The summed E-state index contributed by atoms with van der Waals surface area (Å²) in [4.78, 5) is 23.7. The van der Waals surface area contributed by atoms with Crippen LogP contribution < -0.4 is 5.32 Å². The van der Waals surface area contributed by atoms with Gasteiger partial charge in [-0.2, -0.15) is 0 Å². The normalized spacial score (nSPS) is 13.3. The summed E-state index contributed by atoms with van der Waals surface area (Å²) in [6.07, 6.45) is 2.20. The van der Waals surface area contributed by atoms with Crippen LogP contribution in [0.15, 0.2) is 53.7 Å². The van der Waals surface area contributed by atoms with E-state index < -0.39 is 5.82 Å². The van der Waals surface area contributed by atoms with Crippen LogP contribution in [0, 0.1) is 5.82 Å². The van der Waals surface area contributed by atoms with Crippen LogP contribution in [0.1, 0.15) is 47.4 Å². The molecule has 0 spiro atoms. The number of rotatable bonds is 8. The fourth-order valence-corrected chi connectivity index (χ4v) is 4.02. The van der Waals surface area contributed by atoms with Crippen LogP contribution in [0.2, 0.25) is 0 Å². The highest BCUT2D eigenvalue weighted by Gasteiger charge is 2.30. The Morgan fingerprint density at radius 2 is 1.93 bits per heavy atom. The second-order valence-electron chi connectivity index (χ2n) is 7.27. The Hall–Kier alpha value is -3.00. The van der Waals surface area contributed by atoms with Crippen molar-refractivity contribution in [2.75, 3.05) is 11.1 Å². The van der Waals surface area contributed by atoms with E-state index in [-0.39, 0.29) is 23.0 Å². The van der Waals surface area contributed by atoms with Crippen molar-refractivity contribution in [3.05, 3.63) is 71.3 Å². The number of benzene rings is 2. The highest BCUT2D eigenvalue weighted by Crippen LogP contribution is 2.40. The molecule has 0 bridgehead atoms. The molecule has 1 aliphatic carbocycles. The van der Waals surface area contributed by atoms with E-state index in [1.54, 1.807) is 0 Å². The number of nitrogens with one attached hydrogen (secondary N) is 1. The van der Waals surface area contributed by atoms with Crippen molar-refractivity contribution in [2.24, 2.45) is 0 Å². The van der Waals surface area contributed by atoms with Crippen molar-refractivity contribution in [3.63, 3.8) is 0 Å². The Morgan fingerprint density at radius 3 is 2.60 bits per heavy atom. The summed E-state index contributed by atoms with van der Waals surface area (Å²) in [5.74, 6) is 0.122. The number of anilines is 1. The number of thioether (sulfide) groups is 1. The molecule has 1 amide bonds. The van der Waals surface area contributed by atoms with Crippen LogP contribution in [-0.4, -0.2) is 32.2 Å². The Bertz CT molecular complexity index is 1080. The Kier molecular flexibility index (Phi) is 5.94. The minimum atomic E-state index is -0.656. The summed E-state index contributed by atoms with van der Waals surface area (Å²) < 4.78 is 16.4. The first-order valence-corrected chi connectivity index (χ1v) is 10.7. The highest BCUT2D eigenvalue weighted by atomic mass is 32.2. The topological polar surface area (TPSA) is 76.9 Å². The van der Waals surface area contributed by atoms with Gasteiger partial charge in [-0.1, -0.05) is 42.1 Å². The number of hydrogen-bond donors (Lipinski definition) is 1. The van der Waals surface area contributed by atoms with E-state index >= 15 is 0 Å². The summed E-state index contributed by atoms with van der Waals surface area (Å²) >= 11 is 1.26. The standard InChI is InChI=1S/C22H21FN4O2S/c1-14(28)24-17-9-10-18(19(23)11-17)20(29)13-30-22-26-25-21(16-7-8-16)27(22)12-15-5-3-2-4-6-15/h2-6,9-11,16H,7-8,12-13H2,1H3,(H,24,28). The number of aromatic nitrogens is 3. The number of amides is 1. The average Bonchev–Trinajstić information content (AvgIpc) is 3.48. The number of carbonyl (C=O) groups excluding carboxylic acids is 2. The van der Waals surface area contributed by atoms with Crippen molar-refractivity contribution in [1.82, 2.24) is 14.8 Å². The third kappa shape index (κ3) is 4.76. The van der Waals surface area contributed by atoms with Gasteiger partial charge in [0.05, 0.1) is 17.9 Å². The molecule has 0 saturated heterocycles. The Labute approximate surface area is 177 Å². The molecule has 8 heteroatoms. The molecule has 30 heavy (non-hydrogen) atoms. The quantitative estimate of drug-likeness (QED) is 0.432. The largest absolute Gasteiger partial charge is 0.326 e. The maximum atomic E-state index is 14.3. The summed E-state index contributed by atoms with van der Waals surface area (Å²) in [6, 6.07) is 14.1. The van der Waals surface area contributed by atoms with Gasteiger partial charge in [0.1, 0.15) is 11.6 Å². The predicted octanol–water partition coefficient (Wildman–Crippen LogP) is 4.28. The number of halogens is 1. The van der Waals surface area contributed by atoms with Crippen molar-refractivity contribution in [1.29, 1.82) is 0 Å². The molecule has 1 saturated carbocycles. The first kappa shape index (κ1) is 20.3. The minimum absolute atomic E-state index is 0.00635. The maximum Gasteiger partial charge on any atom is 0.221 e. The van der Waals surface area contributed by atoms with E-state index in [1.165, 1.54) is 30.8 Å². The Morgan fingerprint density at radius 1 is 1.17 bits per heavy atom. The van der Waals surface area contributed by atoms with E-state index in [9.17, 15) is 14.0 Å². The number of ketones is 1. The lowest BCUT2D eigenvalue weighted by Crippen LogP contribution is -2.10. The fraction of sp³-hybridized carbons (Fsp3) is 0.273. The summed E-state index contributed by atoms with van der Waals surface area (Å²) in [6.45, 7) is 1.98. The number of hydrogen-bond acceptors (Lipinski definition) is 5. The van der Waals surface area contributed by atoms with Gasteiger partial charge in [0.15, 0.2) is 10.9 Å². The van der Waals surface area contributed by atoms with Gasteiger partial charge in [0.25, 0.3) is 0 Å². The molecule has 1 N–H and O–H groups in total. The summed E-state index contributed by atoms with van der Waals surface area (Å²) in [5.41, 5.74) is 1.45. The molecule has 2 aromatic carbocycles. The average molecular weight is 425 g/mol. The third-order valence-electron chi connectivity index (χ3n) is 4.79. The van der Waals surface area contributed by atoms with Gasteiger partial charge in [0.2, 0.25) is 5.91 Å². The molecule has 3 aromatic rings. The zero-order valence-corrected chi connectivity index (χ0v) is 17.3. The molecule has 1 aromatic heterocycles. The van der Waals surface area contributed by atoms with Crippen LogP contribution in [0.5, 0.6) is 0 Å². The molecule has 0 unspecified atom stereocenters. The van der Waals surface area contributed by atoms with Crippen molar-refractivity contribution in [3.8, 4) is 0 Å². The van der Waals surface area contributed by atoms with Gasteiger partial charge in [0, 0.05) is 18.5 Å². The van der Waals surface area contributed by atoms with Crippen molar-refractivity contribution in [2.45, 2.75) is 37.4 Å². The van der Waals surface area contributed by atoms with Crippen molar-refractivity contribution < 1.29 is 14.0 Å². The summed E-state index contributed by atoms with van der Waals surface area (Å²) in [7, 11) is 0. The monoisotopic (exact) mass is 424 g/mol. The molecule has 0 aliphatic heterocycles. The van der Waals surface area contributed by atoms with Gasteiger partial charge < -0.3 is 9.88 Å². The molecule has 1 aliphatic rings. The van der Waals surface area contributed by atoms with Crippen LogP contribution in [-0.2, 0) is 11.3 Å². The van der Waals surface area contributed by atoms with Gasteiger partial charge >= 0.3 is 0 Å². The second kappa shape index (κ2) is 8.79. The Balaban J connectivity index is 1.48. The zero-order chi connectivity index (χ0) is 21.1. The van der Waals surface area contributed by atoms with Gasteiger partial charge in [-0.25, -0.2) is 4.39 Å². The summed E-state index contributed by atoms with van der Waals surface area (Å²) in [5, 5.41) is 11.8. The lowest BCUT2D eigenvalue weighted by molar-refractivity contribution is -0.114. The first-order chi connectivity index (χ1) is 14.5. The molecular weight excluding hydrogens is 403 g/mol. The second-order valence-corrected chi connectivity index (χ2v) is 8.22. The smallest absolute Gasteiger partial charge is 0.221 e. The van der Waals surface area contributed by atoms with Crippen LogP contribution in [0.3, 0.4) is 0 Å². The highest BCUT2D eigenvalue weighted by molar-refractivity contribution is 7.99. The van der Waals surface area contributed by atoms with E-state index in [1.807, 2.05) is 30.3 Å². The van der Waals surface area contributed by atoms with Gasteiger partial charge in [-0.3, -0.25) is 9.59 Å². The lowest BCUT2D eigenvalue weighted by atomic mass is 10.1. The minimum Gasteiger partial charge on any atom is -0.326 e. The van der Waals surface area contributed by atoms with Crippen LogP contribution >= 0.6 is 11.8 Å².